The van der Waals surface area contributed by atoms with Crippen molar-refractivity contribution in [1.82, 2.24) is 14.7 Å². The minimum Gasteiger partial charge on any atom is -0.341 e. The van der Waals surface area contributed by atoms with Crippen LogP contribution in [0, 0.1) is 17.3 Å². The van der Waals surface area contributed by atoms with E-state index in [9.17, 15) is 9.59 Å². The summed E-state index contributed by atoms with van der Waals surface area (Å²) in [6.07, 6.45) is 6.22. The summed E-state index contributed by atoms with van der Waals surface area (Å²) in [5, 5.41) is 0. The molecule has 1 spiro atoms. The smallest absolute Gasteiger partial charge is 0.229 e. The molecule has 0 N–H and O–H groups in total. The van der Waals surface area contributed by atoms with Crippen LogP contribution in [-0.2, 0) is 16.1 Å². The number of hydrogen-bond donors (Lipinski definition) is 0. The van der Waals surface area contributed by atoms with Gasteiger partial charge in [0.2, 0.25) is 11.8 Å². The first-order valence-corrected chi connectivity index (χ1v) is 14.9. The molecule has 204 valence electrons. The Bertz CT molecular complexity index is 1120. The monoisotopic (exact) mass is 599 g/mol. The summed E-state index contributed by atoms with van der Waals surface area (Å²) in [6, 6.07) is 19.1. The summed E-state index contributed by atoms with van der Waals surface area (Å²) < 4.78 is 1.07. The Kier molecular flexibility index (Phi) is 8.51. The molecule has 3 aliphatic heterocycles. The van der Waals surface area contributed by atoms with E-state index in [2.05, 4.69) is 85.2 Å². The average Bonchev–Trinajstić information content (AvgIpc) is 3.43. The summed E-state index contributed by atoms with van der Waals surface area (Å²) in [5.74, 6) is 1.85. The lowest BCUT2D eigenvalue weighted by Crippen LogP contribution is -2.46. The summed E-state index contributed by atoms with van der Waals surface area (Å²) in [5.41, 5.74) is 2.38. The third-order valence-electron chi connectivity index (χ3n) is 9.63. The SMILES string of the molecule is Cl.O=C(C1CCC1)N1CC(CN2CCC3(CC2)CCN(Cc2ccc(Br)cc2)C3=O)C(c2ccccc2)C1. The highest BCUT2D eigenvalue weighted by atomic mass is 79.9. The molecule has 2 atom stereocenters. The van der Waals surface area contributed by atoms with Crippen molar-refractivity contribution in [1.29, 1.82) is 0 Å². The van der Waals surface area contributed by atoms with Crippen LogP contribution in [0.1, 0.15) is 55.6 Å². The number of carbonyl (C=O) groups is 2. The molecule has 5 nitrogen and oxygen atoms in total. The maximum Gasteiger partial charge on any atom is 0.229 e. The molecule has 0 bridgehead atoms. The number of likely N-dealkylation sites (tertiary alicyclic amines) is 3. The molecular weight excluding hydrogens is 562 g/mol. The van der Waals surface area contributed by atoms with Gasteiger partial charge in [-0.15, -0.1) is 12.4 Å². The number of nitrogens with zero attached hydrogens (tertiary/aromatic N) is 3. The van der Waals surface area contributed by atoms with Gasteiger partial charge in [0, 0.05) is 49.0 Å². The normalized spacial score (nSPS) is 25.4. The van der Waals surface area contributed by atoms with Crippen LogP contribution >= 0.6 is 28.3 Å². The Morgan fingerprint density at radius 3 is 2.26 bits per heavy atom. The average molecular weight is 601 g/mol. The van der Waals surface area contributed by atoms with Crippen LogP contribution in [0.2, 0.25) is 0 Å². The predicted molar refractivity (Wildman–Crippen MR) is 156 cm³/mol. The standard InChI is InChI=1S/C31H38BrN3O2.ClH/c32-27-11-9-23(10-12-27)19-34-18-15-31(30(34)37)13-16-33(17-14-31)20-26-21-35(29(36)25-7-4-8-25)22-28(26)24-5-2-1-3-6-24;/h1-3,5-6,9-12,25-26,28H,4,7-8,13-22H2;1H. The van der Waals surface area contributed by atoms with Gasteiger partial charge < -0.3 is 14.7 Å². The van der Waals surface area contributed by atoms with E-state index >= 15 is 0 Å². The van der Waals surface area contributed by atoms with E-state index in [1.165, 1.54) is 17.5 Å². The molecule has 4 fully saturated rings. The summed E-state index contributed by atoms with van der Waals surface area (Å²) >= 11 is 3.50. The zero-order valence-corrected chi connectivity index (χ0v) is 24.5. The maximum absolute atomic E-state index is 13.5. The molecule has 0 radical (unpaired) electrons. The van der Waals surface area contributed by atoms with E-state index in [1.54, 1.807) is 0 Å². The van der Waals surface area contributed by atoms with Gasteiger partial charge >= 0.3 is 0 Å². The van der Waals surface area contributed by atoms with Crippen LogP contribution in [0.4, 0.5) is 0 Å². The van der Waals surface area contributed by atoms with Gasteiger partial charge in [0.05, 0.1) is 5.41 Å². The van der Waals surface area contributed by atoms with Gasteiger partial charge in [-0.05, 0) is 74.4 Å². The topological polar surface area (TPSA) is 43.9 Å². The largest absolute Gasteiger partial charge is 0.341 e. The number of halogens is 2. The Morgan fingerprint density at radius 2 is 1.61 bits per heavy atom. The highest BCUT2D eigenvalue weighted by molar-refractivity contribution is 9.10. The lowest BCUT2D eigenvalue weighted by molar-refractivity contribution is -0.139. The summed E-state index contributed by atoms with van der Waals surface area (Å²) in [4.78, 5) is 33.4. The summed E-state index contributed by atoms with van der Waals surface area (Å²) in [7, 11) is 0. The van der Waals surface area contributed by atoms with Gasteiger partial charge in [0.25, 0.3) is 0 Å². The molecule has 2 unspecified atom stereocenters. The number of rotatable bonds is 6. The fourth-order valence-electron chi connectivity index (χ4n) is 7.04. The van der Waals surface area contributed by atoms with Crippen molar-refractivity contribution in [2.45, 2.75) is 51.0 Å². The van der Waals surface area contributed by atoms with Gasteiger partial charge in [0.1, 0.15) is 0 Å². The van der Waals surface area contributed by atoms with Crippen LogP contribution in [0.3, 0.4) is 0 Å². The molecule has 38 heavy (non-hydrogen) atoms. The van der Waals surface area contributed by atoms with Crippen molar-refractivity contribution >= 4 is 40.2 Å². The summed E-state index contributed by atoms with van der Waals surface area (Å²) in [6.45, 7) is 6.27. The van der Waals surface area contributed by atoms with Crippen molar-refractivity contribution in [3.8, 4) is 0 Å². The van der Waals surface area contributed by atoms with E-state index in [1.807, 2.05) is 0 Å². The van der Waals surface area contributed by atoms with Crippen molar-refractivity contribution in [3.05, 3.63) is 70.2 Å². The van der Waals surface area contributed by atoms with Crippen LogP contribution in [-0.4, -0.2) is 65.8 Å². The second kappa shape index (κ2) is 11.7. The van der Waals surface area contributed by atoms with Crippen LogP contribution in [0.5, 0.6) is 0 Å². The number of benzene rings is 2. The fourth-order valence-corrected chi connectivity index (χ4v) is 7.30. The molecule has 3 heterocycles. The molecule has 1 aliphatic carbocycles. The van der Waals surface area contributed by atoms with Crippen LogP contribution in [0.25, 0.3) is 0 Å². The fraction of sp³-hybridized carbons (Fsp3) is 0.548. The first-order chi connectivity index (χ1) is 18.0. The first kappa shape index (κ1) is 27.7. The van der Waals surface area contributed by atoms with Crippen LogP contribution < -0.4 is 0 Å². The second-order valence-corrected chi connectivity index (χ2v) is 12.7. The third kappa shape index (κ3) is 5.55. The van der Waals surface area contributed by atoms with E-state index < -0.39 is 0 Å². The minimum absolute atomic E-state index is 0. The molecule has 4 aliphatic rings. The molecule has 7 heteroatoms. The lowest BCUT2D eigenvalue weighted by atomic mass is 9.76. The lowest BCUT2D eigenvalue weighted by Gasteiger charge is -2.39. The van der Waals surface area contributed by atoms with Crippen molar-refractivity contribution in [2.75, 3.05) is 39.3 Å². The van der Waals surface area contributed by atoms with Crippen LogP contribution in [0.15, 0.2) is 59.1 Å². The van der Waals surface area contributed by atoms with Gasteiger partial charge in [-0.2, -0.15) is 0 Å². The number of piperidine rings is 1. The van der Waals surface area contributed by atoms with E-state index in [-0.39, 0.29) is 23.7 Å². The highest BCUT2D eigenvalue weighted by Gasteiger charge is 2.48. The zero-order chi connectivity index (χ0) is 25.4. The molecule has 2 aromatic carbocycles. The minimum atomic E-state index is -0.174. The van der Waals surface area contributed by atoms with Crippen molar-refractivity contribution in [2.24, 2.45) is 17.3 Å². The first-order valence-electron chi connectivity index (χ1n) is 14.1. The quantitative estimate of drug-likeness (QED) is 0.426. The third-order valence-corrected chi connectivity index (χ3v) is 10.2. The van der Waals surface area contributed by atoms with E-state index in [4.69, 9.17) is 0 Å². The number of hydrogen-bond acceptors (Lipinski definition) is 3. The Labute approximate surface area is 241 Å². The van der Waals surface area contributed by atoms with Gasteiger partial charge in [0.15, 0.2) is 0 Å². The van der Waals surface area contributed by atoms with E-state index in [0.717, 1.165) is 75.8 Å². The maximum atomic E-state index is 13.5. The van der Waals surface area contributed by atoms with Gasteiger partial charge in [-0.25, -0.2) is 0 Å². The number of carbonyl (C=O) groups excluding carboxylic acids is 2. The predicted octanol–water partition coefficient (Wildman–Crippen LogP) is 5.73. The highest BCUT2D eigenvalue weighted by Crippen LogP contribution is 2.43. The Morgan fingerprint density at radius 1 is 0.921 bits per heavy atom. The Balaban J connectivity index is 0.00000294. The number of amides is 2. The van der Waals surface area contributed by atoms with Crippen molar-refractivity contribution in [3.63, 3.8) is 0 Å². The zero-order valence-electron chi connectivity index (χ0n) is 22.1. The molecule has 2 aromatic rings. The Hall–Kier alpha value is -1.89. The van der Waals surface area contributed by atoms with E-state index in [0.29, 0.717) is 30.2 Å². The molecular formula is C31H39BrClN3O2. The molecule has 0 aromatic heterocycles. The second-order valence-electron chi connectivity index (χ2n) is 11.8. The van der Waals surface area contributed by atoms with Crippen molar-refractivity contribution < 1.29 is 9.59 Å². The van der Waals surface area contributed by atoms with Gasteiger partial charge in [-0.1, -0.05) is 64.8 Å². The molecule has 1 saturated carbocycles. The van der Waals surface area contributed by atoms with Gasteiger partial charge in [-0.3, -0.25) is 9.59 Å². The molecule has 6 rings (SSSR count). The molecule has 3 saturated heterocycles. The molecule has 2 amide bonds.